The average Bonchev–Trinajstić information content (AvgIpc) is 3.34. The van der Waals surface area contributed by atoms with Crippen molar-refractivity contribution in [2.45, 2.75) is 26.2 Å². The molecule has 4 aromatic carbocycles. The predicted molar refractivity (Wildman–Crippen MR) is 155 cm³/mol. The Bertz CT molecular complexity index is 1600. The molecule has 5 aromatic rings. The van der Waals surface area contributed by atoms with Gasteiger partial charge in [-0.25, -0.2) is 4.98 Å². The van der Waals surface area contributed by atoms with Gasteiger partial charge in [0.15, 0.2) is 0 Å². The van der Waals surface area contributed by atoms with Crippen molar-refractivity contribution in [1.82, 2.24) is 4.98 Å². The van der Waals surface area contributed by atoms with Crippen LogP contribution in [0.15, 0.2) is 109 Å². The Labute approximate surface area is 250 Å². The molecule has 2 heterocycles. The fourth-order valence-electron chi connectivity index (χ4n) is 4.45. The van der Waals surface area contributed by atoms with E-state index in [2.05, 4.69) is 103 Å². The maximum atomic E-state index is 6.14. The van der Waals surface area contributed by atoms with Gasteiger partial charge in [0.05, 0.1) is 0 Å². The number of fused-ring (bicyclic) bond motifs is 1. The molecule has 0 unspecified atom stereocenters. The van der Waals surface area contributed by atoms with Crippen molar-refractivity contribution in [3.8, 4) is 23.1 Å². The van der Waals surface area contributed by atoms with Crippen molar-refractivity contribution in [2.24, 2.45) is 0 Å². The molecule has 0 atom stereocenters. The number of rotatable bonds is 6. The van der Waals surface area contributed by atoms with Crippen LogP contribution in [-0.2, 0) is 26.5 Å². The Kier molecular flexibility index (Phi) is 7.95. The van der Waals surface area contributed by atoms with Crippen LogP contribution in [0.5, 0.6) is 23.1 Å². The second kappa shape index (κ2) is 11.6. The summed E-state index contributed by atoms with van der Waals surface area (Å²) in [6, 6.07) is 40.6. The van der Waals surface area contributed by atoms with Crippen molar-refractivity contribution < 1.29 is 30.5 Å². The first-order valence-electron chi connectivity index (χ1n) is 12.9. The summed E-state index contributed by atoms with van der Waals surface area (Å²) in [5, 5.41) is 0. The SMILES string of the molecule is CC(C)(C)c1cccc(N2[CH-]N(c3[c-]c(Oc4[c-]c(Oc5ccccn5)ccc4)ccc3)c3ccccc32)c1.[Pt]. The predicted octanol–water partition coefficient (Wildman–Crippen LogP) is 8.97. The number of anilines is 4. The van der Waals surface area contributed by atoms with Crippen LogP contribution in [0.1, 0.15) is 26.3 Å². The monoisotopic (exact) mass is 705 g/mol. The third-order valence-corrected chi connectivity index (χ3v) is 6.45. The third kappa shape index (κ3) is 5.90. The summed E-state index contributed by atoms with van der Waals surface area (Å²) in [6.07, 6.45) is 1.69. The van der Waals surface area contributed by atoms with Crippen molar-refractivity contribution in [3.63, 3.8) is 0 Å². The molecule has 0 spiro atoms. The zero-order valence-electron chi connectivity index (χ0n) is 22.4. The van der Waals surface area contributed by atoms with Crippen molar-refractivity contribution in [1.29, 1.82) is 0 Å². The first-order chi connectivity index (χ1) is 18.9. The molecule has 0 saturated heterocycles. The van der Waals surface area contributed by atoms with E-state index in [1.54, 1.807) is 12.3 Å². The van der Waals surface area contributed by atoms with E-state index in [0.717, 1.165) is 22.7 Å². The molecular weight excluding hydrogens is 677 g/mol. The Balaban J connectivity index is 0.00000323. The number of para-hydroxylation sites is 2. The standard InChI is InChI=1S/C34H28N3O2.Pt/c1-34(2,3)25-11-8-12-26(21-25)36-24-37(32-18-5-4-17-31(32)36)27-13-9-14-28(22-27)38-29-15-10-16-30(23-29)39-33-19-6-7-20-35-33;/h4-21,24H,1-3H3;/q-3;. The van der Waals surface area contributed by atoms with Gasteiger partial charge in [0, 0.05) is 67.6 Å². The number of hydrogen-bond donors (Lipinski definition) is 0. The van der Waals surface area contributed by atoms with E-state index < -0.39 is 0 Å². The van der Waals surface area contributed by atoms with Crippen LogP contribution in [-0.4, -0.2) is 4.98 Å². The molecule has 0 saturated carbocycles. The van der Waals surface area contributed by atoms with E-state index in [-0.39, 0.29) is 26.5 Å². The Morgan fingerprint density at radius 1 is 0.675 bits per heavy atom. The first kappa shape index (κ1) is 27.5. The molecular formula is C34H28N3O2Pt-3. The van der Waals surface area contributed by atoms with Gasteiger partial charge in [0.25, 0.3) is 0 Å². The Hall–Kier alpha value is -4.08. The van der Waals surface area contributed by atoms with Gasteiger partial charge in [0.1, 0.15) is 0 Å². The summed E-state index contributed by atoms with van der Waals surface area (Å²) < 4.78 is 12.0. The smallest absolute Gasteiger partial charge is 0.216 e. The number of nitrogens with zero attached hydrogens (tertiary/aromatic N) is 3. The van der Waals surface area contributed by atoms with Gasteiger partial charge in [-0.05, 0) is 41.3 Å². The number of ether oxygens (including phenoxy) is 2. The summed E-state index contributed by atoms with van der Waals surface area (Å²) in [5.41, 5.74) is 5.52. The molecule has 0 aliphatic carbocycles. The molecule has 0 fully saturated rings. The second-order valence-electron chi connectivity index (χ2n) is 10.3. The van der Waals surface area contributed by atoms with Gasteiger partial charge < -0.3 is 19.3 Å². The van der Waals surface area contributed by atoms with Crippen molar-refractivity contribution in [3.05, 3.63) is 134 Å². The summed E-state index contributed by atoms with van der Waals surface area (Å²) in [5.74, 6) is 2.14. The number of hydrogen-bond acceptors (Lipinski definition) is 5. The minimum Gasteiger partial charge on any atom is -0.509 e. The zero-order valence-corrected chi connectivity index (χ0v) is 24.7. The molecule has 5 nitrogen and oxygen atoms in total. The van der Waals surface area contributed by atoms with Gasteiger partial charge in [-0.1, -0.05) is 57.2 Å². The fraction of sp³-hybridized carbons (Fsp3) is 0.118. The molecule has 1 aliphatic rings. The van der Waals surface area contributed by atoms with Crippen molar-refractivity contribution in [2.75, 3.05) is 9.80 Å². The van der Waals surface area contributed by atoms with Gasteiger partial charge in [-0.2, -0.15) is 12.1 Å². The summed E-state index contributed by atoms with van der Waals surface area (Å²) >= 11 is 0. The molecule has 40 heavy (non-hydrogen) atoms. The normalized spacial score (nSPS) is 12.5. The number of benzene rings is 4. The Morgan fingerprint density at radius 3 is 2.05 bits per heavy atom. The van der Waals surface area contributed by atoms with E-state index in [9.17, 15) is 0 Å². The molecule has 0 amide bonds. The van der Waals surface area contributed by atoms with Crippen LogP contribution in [0.25, 0.3) is 0 Å². The third-order valence-electron chi connectivity index (χ3n) is 6.45. The molecule has 1 aromatic heterocycles. The van der Waals surface area contributed by atoms with Crippen LogP contribution < -0.4 is 19.3 Å². The minimum atomic E-state index is 0. The molecule has 1 aliphatic heterocycles. The zero-order chi connectivity index (χ0) is 26.8. The van der Waals surface area contributed by atoms with Gasteiger partial charge in [-0.15, -0.1) is 42.7 Å². The minimum absolute atomic E-state index is 0. The fourth-order valence-corrected chi connectivity index (χ4v) is 4.45. The van der Waals surface area contributed by atoms with Gasteiger partial charge in [0.2, 0.25) is 5.88 Å². The maximum absolute atomic E-state index is 6.14. The van der Waals surface area contributed by atoms with E-state index in [1.807, 2.05) is 48.5 Å². The molecule has 0 N–H and O–H groups in total. The first-order valence-corrected chi connectivity index (χ1v) is 12.9. The van der Waals surface area contributed by atoms with Gasteiger partial charge >= 0.3 is 0 Å². The molecule has 6 rings (SSSR count). The maximum Gasteiger partial charge on any atom is 0.216 e. The second-order valence-corrected chi connectivity index (χ2v) is 10.3. The van der Waals surface area contributed by atoms with Crippen LogP contribution in [0.2, 0.25) is 0 Å². The van der Waals surface area contributed by atoms with Crippen molar-refractivity contribution >= 4 is 22.7 Å². The van der Waals surface area contributed by atoms with Gasteiger partial charge in [-0.3, -0.25) is 0 Å². The topological polar surface area (TPSA) is 37.8 Å². The summed E-state index contributed by atoms with van der Waals surface area (Å²) in [6.45, 7) is 8.81. The molecule has 0 radical (unpaired) electrons. The van der Waals surface area contributed by atoms with E-state index in [1.165, 1.54) is 5.56 Å². The quantitative estimate of drug-likeness (QED) is 0.165. The summed E-state index contributed by atoms with van der Waals surface area (Å²) in [7, 11) is 0. The van der Waals surface area contributed by atoms with Crippen LogP contribution >= 0.6 is 0 Å². The largest absolute Gasteiger partial charge is 0.509 e. The van der Waals surface area contributed by atoms with Crippen LogP contribution in [0, 0.1) is 18.8 Å². The molecule has 6 heteroatoms. The van der Waals surface area contributed by atoms with Crippen LogP contribution in [0.4, 0.5) is 22.7 Å². The Morgan fingerprint density at radius 2 is 1.32 bits per heavy atom. The van der Waals surface area contributed by atoms with Crippen LogP contribution in [0.3, 0.4) is 0 Å². The number of aromatic nitrogens is 1. The number of pyridine rings is 1. The molecule has 0 bridgehead atoms. The van der Waals surface area contributed by atoms with E-state index in [0.29, 0.717) is 23.1 Å². The summed E-state index contributed by atoms with van der Waals surface area (Å²) in [4.78, 5) is 8.56. The average molecular weight is 706 g/mol. The molecule has 204 valence electrons. The van der Waals surface area contributed by atoms with E-state index >= 15 is 0 Å². The van der Waals surface area contributed by atoms with E-state index in [4.69, 9.17) is 9.47 Å².